The van der Waals surface area contributed by atoms with Gasteiger partial charge in [-0.2, -0.15) is 0 Å². The zero-order valence-corrected chi connectivity index (χ0v) is 12.2. The lowest BCUT2D eigenvalue weighted by Gasteiger charge is -2.26. The Balaban J connectivity index is 1.94. The summed E-state index contributed by atoms with van der Waals surface area (Å²) in [7, 11) is 0. The maximum Gasteiger partial charge on any atom is 0.303 e. The van der Waals surface area contributed by atoms with Crippen LogP contribution in [0.5, 0.6) is 0 Å². The van der Waals surface area contributed by atoms with Gasteiger partial charge < -0.3 is 15.2 Å². The fourth-order valence-corrected chi connectivity index (χ4v) is 2.54. The average molecular weight is 291 g/mol. The highest BCUT2D eigenvalue weighted by Crippen LogP contribution is 2.22. The van der Waals surface area contributed by atoms with Gasteiger partial charge >= 0.3 is 5.97 Å². The number of benzene rings is 1. The van der Waals surface area contributed by atoms with E-state index in [1.54, 1.807) is 0 Å². The van der Waals surface area contributed by atoms with E-state index in [4.69, 9.17) is 9.84 Å². The van der Waals surface area contributed by atoms with E-state index in [1.807, 2.05) is 31.2 Å². The Bertz CT molecular complexity index is 515. The quantitative estimate of drug-likeness (QED) is 0.873. The molecule has 0 saturated carbocycles. The molecule has 0 aliphatic carbocycles. The first-order chi connectivity index (χ1) is 10.0. The molecule has 2 atom stereocenters. The van der Waals surface area contributed by atoms with Crippen molar-refractivity contribution in [2.75, 3.05) is 11.9 Å². The third-order valence-electron chi connectivity index (χ3n) is 3.68. The number of ether oxygens (including phenoxy) is 1. The number of aliphatic carboxylic acids is 1. The van der Waals surface area contributed by atoms with Crippen LogP contribution in [-0.2, 0) is 20.7 Å². The molecular formula is C16H21NO4. The highest BCUT2D eigenvalue weighted by atomic mass is 16.5. The zero-order valence-electron chi connectivity index (χ0n) is 12.2. The summed E-state index contributed by atoms with van der Waals surface area (Å²) in [5, 5.41) is 11.6. The summed E-state index contributed by atoms with van der Waals surface area (Å²) in [4.78, 5) is 22.8. The molecule has 2 rings (SSSR count). The highest BCUT2D eigenvalue weighted by Gasteiger charge is 2.25. The Morgan fingerprint density at radius 3 is 2.95 bits per heavy atom. The normalized spacial score (nSPS) is 21.8. The van der Waals surface area contributed by atoms with Gasteiger partial charge in [0, 0.05) is 24.6 Å². The third kappa shape index (κ3) is 4.86. The minimum absolute atomic E-state index is 0.0144. The van der Waals surface area contributed by atoms with E-state index < -0.39 is 5.97 Å². The van der Waals surface area contributed by atoms with Gasteiger partial charge in [-0.1, -0.05) is 12.1 Å². The number of carboxylic acid groups (broad SMARTS) is 1. The summed E-state index contributed by atoms with van der Waals surface area (Å²) in [6.07, 6.45) is 2.16. The lowest BCUT2D eigenvalue weighted by Crippen LogP contribution is -2.32. The van der Waals surface area contributed by atoms with Crippen LogP contribution in [0.2, 0.25) is 0 Å². The van der Waals surface area contributed by atoms with Crippen LogP contribution in [0.1, 0.15) is 31.7 Å². The molecule has 0 spiro atoms. The lowest BCUT2D eigenvalue weighted by atomic mass is 9.95. The molecule has 2 N–H and O–H groups in total. The molecule has 5 heteroatoms. The second kappa shape index (κ2) is 7.22. The summed E-state index contributed by atoms with van der Waals surface area (Å²) in [6, 6.07) is 7.36. The van der Waals surface area contributed by atoms with Crippen LogP contribution in [-0.4, -0.2) is 29.7 Å². The van der Waals surface area contributed by atoms with Crippen LogP contribution in [0.3, 0.4) is 0 Å². The fraction of sp³-hybridized carbons (Fsp3) is 0.500. The van der Waals surface area contributed by atoms with E-state index >= 15 is 0 Å². The van der Waals surface area contributed by atoms with Gasteiger partial charge in [-0.15, -0.1) is 0 Å². The van der Waals surface area contributed by atoms with E-state index in [9.17, 15) is 9.59 Å². The van der Waals surface area contributed by atoms with Crippen LogP contribution in [0.15, 0.2) is 24.3 Å². The first kappa shape index (κ1) is 15.5. The minimum Gasteiger partial charge on any atom is -0.481 e. The second-order valence-corrected chi connectivity index (χ2v) is 5.49. The summed E-state index contributed by atoms with van der Waals surface area (Å²) < 4.78 is 5.45. The van der Waals surface area contributed by atoms with Gasteiger partial charge in [0.1, 0.15) is 0 Å². The summed E-state index contributed by atoms with van der Waals surface area (Å²) in [6.45, 7) is 2.60. The molecule has 1 aliphatic heterocycles. The van der Waals surface area contributed by atoms with Crippen LogP contribution in [0.4, 0.5) is 5.69 Å². The number of carbonyl (C=O) groups is 2. The van der Waals surface area contributed by atoms with E-state index in [2.05, 4.69) is 5.32 Å². The number of aryl methyl sites for hydroxylation is 1. The van der Waals surface area contributed by atoms with Crippen LogP contribution in [0.25, 0.3) is 0 Å². The number of hydrogen-bond donors (Lipinski definition) is 2. The molecule has 2 unspecified atom stereocenters. The van der Waals surface area contributed by atoms with Crippen molar-refractivity contribution in [3.8, 4) is 0 Å². The number of rotatable bonds is 5. The van der Waals surface area contributed by atoms with Crippen LogP contribution in [0, 0.1) is 5.92 Å². The first-order valence-electron chi connectivity index (χ1n) is 7.28. The molecule has 21 heavy (non-hydrogen) atoms. The largest absolute Gasteiger partial charge is 0.481 e. The van der Waals surface area contributed by atoms with Crippen molar-refractivity contribution in [1.29, 1.82) is 0 Å². The molecule has 1 amide bonds. The molecule has 1 heterocycles. The molecule has 0 bridgehead atoms. The molecule has 0 radical (unpaired) electrons. The monoisotopic (exact) mass is 291 g/mol. The van der Waals surface area contributed by atoms with Crippen LogP contribution < -0.4 is 5.32 Å². The van der Waals surface area contributed by atoms with Gasteiger partial charge in [-0.05, 0) is 43.9 Å². The van der Waals surface area contributed by atoms with Crippen molar-refractivity contribution < 1.29 is 19.4 Å². The molecule has 5 nitrogen and oxygen atoms in total. The first-order valence-corrected chi connectivity index (χ1v) is 7.28. The molecule has 1 aliphatic rings. The maximum atomic E-state index is 12.2. The Kier molecular flexibility index (Phi) is 5.33. The van der Waals surface area contributed by atoms with E-state index in [0.717, 1.165) is 24.1 Å². The number of anilines is 1. The molecule has 1 aromatic carbocycles. The Morgan fingerprint density at radius 2 is 2.24 bits per heavy atom. The molecular weight excluding hydrogens is 270 g/mol. The van der Waals surface area contributed by atoms with Gasteiger partial charge in [0.05, 0.1) is 6.10 Å². The fourth-order valence-electron chi connectivity index (χ4n) is 2.54. The van der Waals surface area contributed by atoms with Crippen molar-refractivity contribution in [2.24, 2.45) is 5.92 Å². The van der Waals surface area contributed by atoms with Crippen molar-refractivity contribution in [3.63, 3.8) is 0 Å². The van der Waals surface area contributed by atoms with Gasteiger partial charge in [-0.3, -0.25) is 9.59 Å². The van der Waals surface area contributed by atoms with Gasteiger partial charge in [0.25, 0.3) is 0 Å². The van der Waals surface area contributed by atoms with E-state index in [0.29, 0.717) is 13.0 Å². The minimum atomic E-state index is -0.819. The summed E-state index contributed by atoms with van der Waals surface area (Å²) in [5.41, 5.74) is 1.64. The third-order valence-corrected chi connectivity index (χ3v) is 3.68. The summed E-state index contributed by atoms with van der Waals surface area (Å²) in [5.74, 6) is -0.822. The number of carbonyl (C=O) groups excluding carboxylic acids is 1. The number of nitrogens with one attached hydrogen (secondary N) is 1. The van der Waals surface area contributed by atoms with Gasteiger partial charge in [0.2, 0.25) is 5.91 Å². The van der Waals surface area contributed by atoms with Crippen molar-refractivity contribution in [3.05, 3.63) is 29.8 Å². The Labute approximate surface area is 124 Å². The van der Waals surface area contributed by atoms with Gasteiger partial charge in [-0.25, -0.2) is 0 Å². The average Bonchev–Trinajstić information content (AvgIpc) is 2.45. The number of amides is 1. The van der Waals surface area contributed by atoms with E-state index in [-0.39, 0.29) is 24.3 Å². The molecule has 1 aromatic rings. The molecule has 1 fully saturated rings. The maximum absolute atomic E-state index is 12.2. The predicted octanol–water partition coefficient (Wildman–Crippen LogP) is 2.46. The lowest BCUT2D eigenvalue weighted by molar-refractivity contribution is -0.137. The Morgan fingerprint density at radius 1 is 1.43 bits per heavy atom. The molecule has 1 saturated heterocycles. The van der Waals surface area contributed by atoms with Gasteiger partial charge in [0.15, 0.2) is 0 Å². The van der Waals surface area contributed by atoms with Crippen molar-refractivity contribution in [2.45, 2.75) is 38.7 Å². The number of hydrogen-bond acceptors (Lipinski definition) is 3. The SMILES string of the molecule is CC1CC(C(=O)Nc2cccc(CCC(=O)O)c2)CCO1. The molecule has 0 aromatic heterocycles. The zero-order chi connectivity index (χ0) is 15.2. The molecule has 114 valence electrons. The van der Waals surface area contributed by atoms with Crippen molar-refractivity contribution >= 4 is 17.6 Å². The number of carboxylic acids is 1. The summed E-state index contributed by atoms with van der Waals surface area (Å²) >= 11 is 0. The predicted molar refractivity (Wildman–Crippen MR) is 79.2 cm³/mol. The highest BCUT2D eigenvalue weighted by molar-refractivity contribution is 5.92. The van der Waals surface area contributed by atoms with Crippen LogP contribution >= 0.6 is 0 Å². The van der Waals surface area contributed by atoms with Crippen molar-refractivity contribution in [1.82, 2.24) is 0 Å². The smallest absolute Gasteiger partial charge is 0.303 e. The standard InChI is InChI=1S/C16H21NO4/c1-11-9-13(7-8-21-11)16(20)17-14-4-2-3-12(10-14)5-6-15(18)19/h2-4,10-11,13H,5-9H2,1H3,(H,17,20)(H,18,19). The van der Waals surface area contributed by atoms with E-state index in [1.165, 1.54) is 0 Å². The Hall–Kier alpha value is -1.88. The topological polar surface area (TPSA) is 75.6 Å². The second-order valence-electron chi connectivity index (χ2n) is 5.49.